The highest BCUT2D eigenvalue weighted by molar-refractivity contribution is 4.77. The number of piperidine rings is 1. The van der Waals surface area contributed by atoms with Gasteiger partial charge in [0.2, 0.25) is 0 Å². The molecule has 0 aromatic heterocycles. The van der Waals surface area contributed by atoms with Crippen LogP contribution in [-0.4, -0.2) is 61.5 Å². The molecule has 1 aliphatic heterocycles. The maximum atomic E-state index is 9.83. The molecule has 0 aromatic rings. The minimum absolute atomic E-state index is 0.382. The van der Waals surface area contributed by atoms with Crippen LogP contribution < -0.4 is 5.32 Å². The Labute approximate surface area is 118 Å². The largest absolute Gasteiger partial charge is 0.389 e. The van der Waals surface area contributed by atoms with Crippen LogP contribution in [0.25, 0.3) is 0 Å². The molecule has 0 saturated carbocycles. The predicted octanol–water partition coefficient (Wildman–Crippen LogP) is 1.48. The fourth-order valence-corrected chi connectivity index (χ4v) is 2.48. The van der Waals surface area contributed by atoms with E-state index in [1.165, 1.54) is 38.9 Å². The molecule has 0 bridgehead atoms. The van der Waals surface area contributed by atoms with Gasteiger partial charge >= 0.3 is 0 Å². The number of hydrogen-bond donors (Lipinski definition) is 2. The molecule has 4 heteroatoms. The number of nitrogens with zero attached hydrogens (tertiary/aromatic N) is 1. The van der Waals surface area contributed by atoms with Crippen molar-refractivity contribution in [3.8, 4) is 0 Å². The summed E-state index contributed by atoms with van der Waals surface area (Å²) < 4.78 is 5.45. The summed E-state index contributed by atoms with van der Waals surface area (Å²) in [6, 6.07) is 0.563. The molecule has 0 aliphatic carbocycles. The number of nitrogens with one attached hydrogen (secondary N) is 1. The first-order chi connectivity index (χ1) is 9.11. The van der Waals surface area contributed by atoms with E-state index in [2.05, 4.69) is 31.0 Å². The predicted molar refractivity (Wildman–Crippen MR) is 79.4 cm³/mol. The normalized spacial score (nSPS) is 20.1. The summed E-state index contributed by atoms with van der Waals surface area (Å²) in [5, 5.41) is 13.3. The summed E-state index contributed by atoms with van der Waals surface area (Å²) in [7, 11) is 0. The molecule has 0 radical (unpaired) electrons. The van der Waals surface area contributed by atoms with Gasteiger partial charge in [0.05, 0.1) is 12.7 Å². The van der Waals surface area contributed by atoms with Crippen LogP contribution in [-0.2, 0) is 4.74 Å². The van der Waals surface area contributed by atoms with Crippen LogP contribution in [0.2, 0.25) is 0 Å². The van der Waals surface area contributed by atoms with Gasteiger partial charge in [-0.15, -0.1) is 0 Å². The van der Waals surface area contributed by atoms with E-state index in [1.54, 1.807) is 0 Å². The van der Waals surface area contributed by atoms with Gasteiger partial charge in [-0.05, 0) is 44.8 Å². The molecule has 1 heterocycles. The smallest absolute Gasteiger partial charge is 0.0897 e. The van der Waals surface area contributed by atoms with Crippen LogP contribution in [0.15, 0.2) is 0 Å². The number of rotatable bonds is 9. The Morgan fingerprint density at radius 1 is 1.26 bits per heavy atom. The van der Waals surface area contributed by atoms with Gasteiger partial charge in [0.1, 0.15) is 0 Å². The zero-order valence-electron chi connectivity index (χ0n) is 12.9. The first-order valence-electron chi connectivity index (χ1n) is 7.83. The van der Waals surface area contributed by atoms with E-state index in [1.807, 2.05) is 0 Å². The summed E-state index contributed by atoms with van der Waals surface area (Å²) in [5.41, 5.74) is 0. The topological polar surface area (TPSA) is 44.7 Å². The third-order valence-electron chi connectivity index (χ3n) is 3.53. The number of ether oxygens (including phenoxy) is 1. The van der Waals surface area contributed by atoms with Crippen molar-refractivity contribution in [2.45, 2.75) is 52.2 Å². The molecule has 1 fully saturated rings. The molecule has 0 amide bonds. The minimum Gasteiger partial charge on any atom is -0.389 e. The van der Waals surface area contributed by atoms with Crippen molar-refractivity contribution in [2.24, 2.45) is 5.92 Å². The van der Waals surface area contributed by atoms with E-state index in [-0.39, 0.29) is 6.10 Å². The van der Waals surface area contributed by atoms with Gasteiger partial charge in [0.25, 0.3) is 0 Å². The van der Waals surface area contributed by atoms with Crippen LogP contribution in [0.5, 0.6) is 0 Å². The zero-order valence-corrected chi connectivity index (χ0v) is 12.9. The summed E-state index contributed by atoms with van der Waals surface area (Å²) in [4.78, 5) is 2.53. The van der Waals surface area contributed by atoms with Crippen LogP contribution >= 0.6 is 0 Å². The standard InChI is InChI=1S/C15H32N2O2/c1-4-7-17-8-5-14(6-9-17)16-10-15(18)12-19-11-13(2)3/h13-16,18H,4-12H2,1-3H3. The van der Waals surface area contributed by atoms with Gasteiger partial charge < -0.3 is 20.1 Å². The van der Waals surface area contributed by atoms with E-state index in [4.69, 9.17) is 4.74 Å². The summed E-state index contributed by atoms with van der Waals surface area (Å²) >= 11 is 0. The molecule has 4 nitrogen and oxygen atoms in total. The fraction of sp³-hybridized carbons (Fsp3) is 1.00. The molecule has 1 saturated heterocycles. The lowest BCUT2D eigenvalue weighted by atomic mass is 10.0. The van der Waals surface area contributed by atoms with Crippen LogP contribution in [0.1, 0.15) is 40.0 Å². The lowest BCUT2D eigenvalue weighted by Crippen LogP contribution is -2.45. The van der Waals surface area contributed by atoms with Crippen molar-refractivity contribution in [1.82, 2.24) is 10.2 Å². The summed E-state index contributed by atoms with van der Waals surface area (Å²) in [5.74, 6) is 0.531. The Morgan fingerprint density at radius 3 is 2.53 bits per heavy atom. The Hall–Kier alpha value is -0.160. The second-order valence-corrected chi connectivity index (χ2v) is 6.11. The first-order valence-corrected chi connectivity index (χ1v) is 7.83. The lowest BCUT2D eigenvalue weighted by molar-refractivity contribution is 0.0238. The van der Waals surface area contributed by atoms with Crippen molar-refractivity contribution in [2.75, 3.05) is 39.4 Å². The number of aliphatic hydroxyl groups is 1. The van der Waals surface area contributed by atoms with Crippen LogP contribution in [0.3, 0.4) is 0 Å². The second kappa shape index (κ2) is 9.70. The van der Waals surface area contributed by atoms with Gasteiger partial charge in [0.15, 0.2) is 0 Å². The van der Waals surface area contributed by atoms with Gasteiger partial charge in [-0.2, -0.15) is 0 Å². The Morgan fingerprint density at radius 2 is 1.95 bits per heavy atom. The Kier molecular flexibility index (Phi) is 8.62. The van der Waals surface area contributed by atoms with Crippen molar-refractivity contribution >= 4 is 0 Å². The van der Waals surface area contributed by atoms with E-state index in [9.17, 15) is 5.11 Å². The molecule has 0 spiro atoms. The van der Waals surface area contributed by atoms with Crippen molar-refractivity contribution in [3.05, 3.63) is 0 Å². The molecular weight excluding hydrogens is 240 g/mol. The molecule has 19 heavy (non-hydrogen) atoms. The number of aliphatic hydroxyl groups excluding tert-OH is 1. The maximum absolute atomic E-state index is 9.83. The third-order valence-corrected chi connectivity index (χ3v) is 3.53. The zero-order chi connectivity index (χ0) is 14.1. The Balaban J connectivity index is 2.03. The van der Waals surface area contributed by atoms with Crippen LogP contribution in [0.4, 0.5) is 0 Å². The van der Waals surface area contributed by atoms with Crippen molar-refractivity contribution in [3.63, 3.8) is 0 Å². The molecule has 1 rings (SSSR count). The lowest BCUT2D eigenvalue weighted by Gasteiger charge is -2.32. The van der Waals surface area contributed by atoms with E-state index < -0.39 is 0 Å². The quantitative estimate of drug-likeness (QED) is 0.667. The van der Waals surface area contributed by atoms with Crippen molar-refractivity contribution in [1.29, 1.82) is 0 Å². The van der Waals surface area contributed by atoms with Gasteiger partial charge in [-0.1, -0.05) is 20.8 Å². The van der Waals surface area contributed by atoms with Crippen molar-refractivity contribution < 1.29 is 9.84 Å². The van der Waals surface area contributed by atoms with Crippen LogP contribution in [0, 0.1) is 5.92 Å². The van der Waals surface area contributed by atoms with E-state index in [0.717, 1.165) is 6.61 Å². The SMILES string of the molecule is CCCN1CCC(NCC(O)COCC(C)C)CC1. The Bertz CT molecular complexity index is 216. The highest BCUT2D eigenvalue weighted by atomic mass is 16.5. The molecule has 114 valence electrons. The summed E-state index contributed by atoms with van der Waals surface area (Å²) in [6.45, 7) is 11.9. The first kappa shape index (κ1) is 16.9. The minimum atomic E-state index is -0.382. The average molecular weight is 272 g/mol. The average Bonchev–Trinajstić information content (AvgIpc) is 2.38. The monoisotopic (exact) mass is 272 g/mol. The molecular formula is C15H32N2O2. The third kappa shape index (κ3) is 7.88. The van der Waals surface area contributed by atoms with Gasteiger partial charge in [-0.3, -0.25) is 0 Å². The fourth-order valence-electron chi connectivity index (χ4n) is 2.48. The molecule has 1 unspecified atom stereocenters. The number of hydrogen-bond acceptors (Lipinski definition) is 4. The number of likely N-dealkylation sites (tertiary alicyclic amines) is 1. The molecule has 1 aliphatic rings. The van der Waals surface area contributed by atoms with Gasteiger partial charge in [0, 0.05) is 19.2 Å². The second-order valence-electron chi connectivity index (χ2n) is 6.11. The molecule has 2 N–H and O–H groups in total. The maximum Gasteiger partial charge on any atom is 0.0897 e. The molecule has 1 atom stereocenters. The highest BCUT2D eigenvalue weighted by Crippen LogP contribution is 2.10. The summed E-state index contributed by atoms with van der Waals surface area (Å²) in [6.07, 6.45) is 3.25. The van der Waals surface area contributed by atoms with E-state index in [0.29, 0.717) is 25.1 Å². The van der Waals surface area contributed by atoms with Gasteiger partial charge in [-0.25, -0.2) is 0 Å². The molecule has 0 aromatic carbocycles. The highest BCUT2D eigenvalue weighted by Gasteiger charge is 2.18. The van der Waals surface area contributed by atoms with E-state index >= 15 is 0 Å².